The number of carbonyl (C=O) groups excluding carboxylic acids is 1. The molecule has 1 aromatic rings. The minimum Gasteiger partial charge on any atom is -0.293 e. The first-order valence-corrected chi connectivity index (χ1v) is 7.48. The lowest BCUT2D eigenvalue weighted by Crippen LogP contribution is -2.03. The Morgan fingerprint density at radius 1 is 1.24 bits per heavy atom. The molecule has 0 bridgehead atoms. The van der Waals surface area contributed by atoms with Gasteiger partial charge in [0.15, 0.2) is 5.78 Å². The van der Waals surface area contributed by atoms with E-state index in [4.69, 9.17) is 0 Å². The van der Waals surface area contributed by atoms with Crippen LogP contribution in [0.4, 0.5) is 0 Å². The number of hydrogen-bond donors (Lipinski definition) is 0. The Morgan fingerprint density at radius 3 is 2.41 bits per heavy atom. The molecule has 0 amide bonds. The van der Waals surface area contributed by atoms with Gasteiger partial charge in [0.25, 0.3) is 0 Å². The lowest BCUT2D eigenvalue weighted by molar-refractivity contribution is 0.102. The fourth-order valence-electron chi connectivity index (χ4n) is 1.49. The Labute approximate surface area is 109 Å². The first-order valence-electron chi connectivity index (χ1n) is 6.33. The minimum atomic E-state index is 0.251. The van der Waals surface area contributed by atoms with E-state index in [9.17, 15) is 4.79 Å². The van der Waals surface area contributed by atoms with Gasteiger partial charge in [-0.2, -0.15) is 11.8 Å². The van der Waals surface area contributed by atoms with Crippen molar-refractivity contribution >= 4 is 17.5 Å². The topological polar surface area (TPSA) is 17.1 Å². The third kappa shape index (κ3) is 5.40. The minimum absolute atomic E-state index is 0.251. The SMILES string of the molecule is CCc1ccc(C(=O)CSCCC(C)C)cc1. The molecular weight excluding hydrogens is 228 g/mol. The van der Waals surface area contributed by atoms with Crippen LogP contribution in [-0.4, -0.2) is 17.3 Å². The average molecular weight is 250 g/mol. The van der Waals surface area contributed by atoms with Gasteiger partial charge in [0.2, 0.25) is 0 Å². The third-order valence-electron chi connectivity index (χ3n) is 2.76. The quantitative estimate of drug-likeness (QED) is 0.532. The van der Waals surface area contributed by atoms with Crippen LogP contribution in [0.25, 0.3) is 0 Å². The smallest absolute Gasteiger partial charge is 0.172 e. The van der Waals surface area contributed by atoms with Crippen molar-refractivity contribution in [2.24, 2.45) is 5.92 Å². The van der Waals surface area contributed by atoms with Crippen LogP contribution in [0.5, 0.6) is 0 Å². The van der Waals surface area contributed by atoms with E-state index in [2.05, 4.69) is 20.8 Å². The van der Waals surface area contributed by atoms with Crippen LogP contribution in [-0.2, 0) is 6.42 Å². The highest BCUT2D eigenvalue weighted by molar-refractivity contribution is 7.99. The maximum Gasteiger partial charge on any atom is 0.172 e. The van der Waals surface area contributed by atoms with E-state index in [0.717, 1.165) is 23.7 Å². The van der Waals surface area contributed by atoms with Crippen LogP contribution in [0.15, 0.2) is 24.3 Å². The van der Waals surface area contributed by atoms with Crippen molar-refractivity contribution in [2.45, 2.75) is 33.6 Å². The predicted molar refractivity (Wildman–Crippen MR) is 76.9 cm³/mol. The van der Waals surface area contributed by atoms with Crippen LogP contribution in [0.3, 0.4) is 0 Å². The van der Waals surface area contributed by atoms with Crippen molar-refractivity contribution in [2.75, 3.05) is 11.5 Å². The lowest BCUT2D eigenvalue weighted by atomic mass is 10.1. The van der Waals surface area contributed by atoms with Gasteiger partial charge in [0, 0.05) is 5.56 Å². The van der Waals surface area contributed by atoms with E-state index >= 15 is 0 Å². The molecule has 2 heteroatoms. The van der Waals surface area contributed by atoms with Gasteiger partial charge in [0.05, 0.1) is 5.75 Å². The van der Waals surface area contributed by atoms with Gasteiger partial charge in [-0.1, -0.05) is 45.0 Å². The standard InChI is InChI=1S/C15H22OS/c1-4-13-5-7-14(8-6-13)15(16)11-17-10-9-12(2)3/h5-8,12H,4,9-11H2,1-3H3. The van der Waals surface area contributed by atoms with E-state index in [0.29, 0.717) is 5.75 Å². The summed E-state index contributed by atoms with van der Waals surface area (Å²) >= 11 is 1.74. The molecule has 17 heavy (non-hydrogen) atoms. The summed E-state index contributed by atoms with van der Waals surface area (Å²) in [6.07, 6.45) is 2.21. The average Bonchev–Trinajstić information content (AvgIpc) is 2.34. The highest BCUT2D eigenvalue weighted by Crippen LogP contribution is 2.12. The number of carbonyl (C=O) groups is 1. The maximum absolute atomic E-state index is 11.9. The lowest BCUT2D eigenvalue weighted by Gasteiger charge is -2.04. The van der Waals surface area contributed by atoms with Crippen LogP contribution < -0.4 is 0 Å². The number of rotatable bonds is 7. The van der Waals surface area contributed by atoms with Crippen molar-refractivity contribution in [3.8, 4) is 0 Å². The number of benzene rings is 1. The second kappa shape index (κ2) is 7.54. The second-order valence-electron chi connectivity index (χ2n) is 4.71. The zero-order chi connectivity index (χ0) is 12.7. The Kier molecular flexibility index (Phi) is 6.35. The molecule has 1 aromatic carbocycles. The highest BCUT2D eigenvalue weighted by Gasteiger charge is 2.05. The first kappa shape index (κ1) is 14.3. The highest BCUT2D eigenvalue weighted by atomic mass is 32.2. The maximum atomic E-state index is 11.9. The largest absolute Gasteiger partial charge is 0.293 e. The summed E-state index contributed by atoms with van der Waals surface area (Å²) in [5, 5.41) is 0. The van der Waals surface area contributed by atoms with Crippen LogP contribution in [0, 0.1) is 5.92 Å². The molecule has 0 aliphatic carbocycles. The summed E-state index contributed by atoms with van der Waals surface area (Å²) in [5.41, 5.74) is 2.13. The molecule has 0 unspecified atom stereocenters. The molecule has 0 radical (unpaired) electrons. The fourth-order valence-corrected chi connectivity index (χ4v) is 2.63. The Hall–Kier alpha value is -0.760. The van der Waals surface area contributed by atoms with Gasteiger partial charge in [-0.25, -0.2) is 0 Å². The molecule has 0 atom stereocenters. The number of Topliss-reactive ketones (excluding diaryl/α,β-unsaturated/α-hetero) is 1. The van der Waals surface area contributed by atoms with Gasteiger partial charge >= 0.3 is 0 Å². The molecule has 0 aliphatic heterocycles. The van der Waals surface area contributed by atoms with E-state index in [1.165, 1.54) is 12.0 Å². The van der Waals surface area contributed by atoms with Crippen molar-refractivity contribution in [1.29, 1.82) is 0 Å². The number of aryl methyl sites for hydroxylation is 1. The van der Waals surface area contributed by atoms with Crippen LogP contribution in [0.2, 0.25) is 0 Å². The molecule has 0 aliphatic rings. The Morgan fingerprint density at radius 2 is 1.88 bits per heavy atom. The van der Waals surface area contributed by atoms with Crippen molar-refractivity contribution in [3.05, 3.63) is 35.4 Å². The molecule has 0 fully saturated rings. The van der Waals surface area contributed by atoms with Crippen molar-refractivity contribution < 1.29 is 4.79 Å². The summed E-state index contributed by atoms with van der Waals surface area (Å²) in [7, 11) is 0. The molecule has 0 aromatic heterocycles. The van der Waals surface area contributed by atoms with Gasteiger partial charge in [-0.15, -0.1) is 0 Å². The summed E-state index contributed by atoms with van der Waals surface area (Å²) in [5.74, 6) is 2.66. The first-order chi connectivity index (χ1) is 8.13. The predicted octanol–water partition coefficient (Wildman–Crippen LogP) is 4.21. The Bertz CT molecular complexity index is 340. The monoisotopic (exact) mass is 250 g/mol. The molecule has 0 spiro atoms. The van der Waals surface area contributed by atoms with Crippen molar-refractivity contribution in [3.63, 3.8) is 0 Å². The van der Waals surface area contributed by atoms with Crippen LogP contribution >= 0.6 is 11.8 Å². The molecule has 0 N–H and O–H groups in total. The summed E-state index contributed by atoms with van der Waals surface area (Å²) in [4.78, 5) is 11.9. The van der Waals surface area contributed by atoms with E-state index in [-0.39, 0.29) is 5.78 Å². The molecule has 0 saturated heterocycles. The fraction of sp³-hybridized carbons (Fsp3) is 0.533. The van der Waals surface area contributed by atoms with Gasteiger partial charge < -0.3 is 0 Å². The van der Waals surface area contributed by atoms with Gasteiger partial charge in [-0.3, -0.25) is 4.79 Å². The molecule has 1 rings (SSSR count). The Balaban J connectivity index is 2.36. The molecule has 1 nitrogen and oxygen atoms in total. The third-order valence-corrected chi connectivity index (χ3v) is 3.75. The van der Waals surface area contributed by atoms with E-state index in [1.54, 1.807) is 11.8 Å². The van der Waals surface area contributed by atoms with Crippen molar-refractivity contribution in [1.82, 2.24) is 0 Å². The molecular formula is C15H22OS. The molecule has 0 saturated carbocycles. The van der Waals surface area contributed by atoms with Gasteiger partial charge in [0.1, 0.15) is 0 Å². The number of ketones is 1. The normalized spacial score (nSPS) is 10.8. The molecule has 0 heterocycles. The summed E-state index contributed by atoms with van der Waals surface area (Å²) in [6, 6.07) is 7.99. The summed E-state index contributed by atoms with van der Waals surface area (Å²) < 4.78 is 0. The zero-order valence-corrected chi connectivity index (χ0v) is 11.8. The molecule has 94 valence electrons. The van der Waals surface area contributed by atoms with E-state index < -0.39 is 0 Å². The second-order valence-corrected chi connectivity index (χ2v) is 5.81. The zero-order valence-electron chi connectivity index (χ0n) is 11.0. The van der Waals surface area contributed by atoms with E-state index in [1.807, 2.05) is 24.3 Å². The summed E-state index contributed by atoms with van der Waals surface area (Å²) in [6.45, 7) is 6.55. The van der Waals surface area contributed by atoms with Crippen LogP contribution in [0.1, 0.15) is 43.1 Å². The number of hydrogen-bond acceptors (Lipinski definition) is 2. The van der Waals surface area contributed by atoms with Gasteiger partial charge in [-0.05, 0) is 30.1 Å². The number of thioether (sulfide) groups is 1.